The molecule has 0 aliphatic carbocycles. The molecule has 0 spiro atoms. The van der Waals surface area contributed by atoms with Crippen LogP contribution in [0.2, 0.25) is 0 Å². The first-order valence-electron chi connectivity index (χ1n) is 18.8. The molecule has 54 heavy (non-hydrogen) atoms. The number of benzene rings is 3. The van der Waals surface area contributed by atoms with E-state index in [-0.39, 0.29) is 41.8 Å². The molecule has 1 atom stereocenters. The third kappa shape index (κ3) is 8.36. The first-order valence-corrected chi connectivity index (χ1v) is 18.8. The van der Waals surface area contributed by atoms with Crippen LogP contribution in [-0.4, -0.2) is 72.7 Å². The van der Waals surface area contributed by atoms with Crippen LogP contribution >= 0.6 is 0 Å². The van der Waals surface area contributed by atoms with Gasteiger partial charge in [-0.15, -0.1) is 0 Å². The highest BCUT2D eigenvalue weighted by Gasteiger charge is 2.32. The second-order valence-corrected chi connectivity index (χ2v) is 13.9. The van der Waals surface area contributed by atoms with Crippen molar-refractivity contribution in [2.45, 2.75) is 72.0 Å². The highest BCUT2D eigenvalue weighted by Crippen LogP contribution is 2.29. The molecule has 0 saturated heterocycles. The van der Waals surface area contributed by atoms with Crippen molar-refractivity contribution < 1.29 is 19.5 Å². The summed E-state index contributed by atoms with van der Waals surface area (Å²) >= 11 is 0. The number of anilines is 1. The number of hydrogen-bond acceptors (Lipinski definition) is 6. The van der Waals surface area contributed by atoms with Crippen LogP contribution in [0.4, 0.5) is 5.69 Å². The zero-order chi connectivity index (χ0) is 38.2. The molecule has 1 aliphatic rings. The molecule has 5 aromatic rings. The molecular formula is C43H48N6O5. The summed E-state index contributed by atoms with van der Waals surface area (Å²) in [4.78, 5) is 59.0. The van der Waals surface area contributed by atoms with Gasteiger partial charge in [0.05, 0.1) is 30.4 Å². The van der Waals surface area contributed by atoms with Crippen LogP contribution in [-0.2, 0) is 19.5 Å². The fraction of sp³-hybridized carbons (Fsp3) is 0.326. The van der Waals surface area contributed by atoms with E-state index in [1.54, 1.807) is 46.1 Å². The highest BCUT2D eigenvalue weighted by molar-refractivity contribution is 6.05. The number of pyridine rings is 1. The van der Waals surface area contributed by atoms with Gasteiger partial charge in [-0.2, -0.15) is 5.10 Å². The number of amides is 3. The fourth-order valence-corrected chi connectivity index (χ4v) is 6.92. The maximum atomic E-state index is 14.7. The maximum absolute atomic E-state index is 14.7. The lowest BCUT2D eigenvalue weighted by molar-refractivity contribution is 0.0544. The standard InChI is InChI=1S/C43H48N6O5/c1-4-6-21-46(22-7-5-2)43(54)38-24-30(3)49(45-38)39-20-19-34(26-37(39)42(53)48-28-33-17-12-11-16-32(33)25-35(48)29-50)44-40(51)36-18-13-23-47(41(36)52)27-31-14-9-8-10-15-31/h8-20,23-24,26,35,50H,4-7,21-22,25,27-29H2,1-3H3,(H,44,51). The van der Waals surface area contributed by atoms with Gasteiger partial charge in [0.15, 0.2) is 5.69 Å². The summed E-state index contributed by atoms with van der Waals surface area (Å²) in [6.07, 6.45) is 5.82. The summed E-state index contributed by atoms with van der Waals surface area (Å²) < 4.78 is 3.08. The van der Waals surface area contributed by atoms with Gasteiger partial charge in [-0.05, 0) is 79.3 Å². The summed E-state index contributed by atoms with van der Waals surface area (Å²) in [6, 6.07) is 26.7. The lowest BCUT2D eigenvalue weighted by Gasteiger charge is -2.36. The number of carbonyl (C=O) groups excluding carboxylic acids is 3. The number of aliphatic hydroxyl groups is 1. The van der Waals surface area contributed by atoms with Crippen LogP contribution in [0.15, 0.2) is 102 Å². The summed E-state index contributed by atoms with van der Waals surface area (Å²) in [5.41, 5.74) is 4.38. The van der Waals surface area contributed by atoms with Crippen LogP contribution in [0.5, 0.6) is 0 Å². The normalized spacial score (nSPS) is 13.7. The van der Waals surface area contributed by atoms with Gasteiger partial charge in [-0.3, -0.25) is 19.2 Å². The Bertz CT molecular complexity index is 2170. The number of hydrogen-bond donors (Lipinski definition) is 2. The van der Waals surface area contributed by atoms with E-state index in [9.17, 15) is 24.3 Å². The topological polar surface area (TPSA) is 130 Å². The zero-order valence-electron chi connectivity index (χ0n) is 31.2. The molecule has 1 unspecified atom stereocenters. The van der Waals surface area contributed by atoms with Crippen LogP contribution in [0.3, 0.4) is 0 Å². The molecule has 3 amide bonds. The summed E-state index contributed by atoms with van der Waals surface area (Å²) in [6.45, 7) is 7.65. The van der Waals surface area contributed by atoms with Crippen LogP contribution in [0.25, 0.3) is 5.69 Å². The number of aliphatic hydroxyl groups excluding tert-OH is 1. The number of aromatic nitrogens is 3. The van der Waals surface area contributed by atoms with E-state index in [1.807, 2.05) is 66.4 Å². The van der Waals surface area contributed by atoms with E-state index in [0.717, 1.165) is 42.4 Å². The Balaban J connectivity index is 1.36. The quantitative estimate of drug-likeness (QED) is 0.139. The van der Waals surface area contributed by atoms with Gasteiger partial charge >= 0.3 is 0 Å². The Labute approximate surface area is 315 Å². The number of aryl methyl sites for hydroxylation is 1. The number of rotatable bonds is 14. The van der Waals surface area contributed by atoms with Crippen molar-refractivity contribution in [3.63, 3.8) is 0 Å². The summed E-state index contributed by atoms with van der Waals surface area (Å²) in [7, 11) is 0. The molecule has 0 saturated carbocycles. The van der Waals surface area contributed by atoms with E-state index in [2.05, 4.69) is 19.2 Å². The monoisotopic (exact) mass is 728 g/mol. The molecule has 11 heteroatoms. The van der Waals surface area contributed by atoms with E-state index in [4.69, 9.17) is 5.10 Å². The largest absolute Gasteiger partial charge is 0.394 e. The third-order valence-corrected chi connectivity index (χ3v) is 9.96. The SMILES string of the molecule is CCCCN(CCCC)C(=O)c1cc(C)n(-c2ccc(NC(=O)c3cccn(Cc4ccccc4)c3=O)cc2C(=O)N2Cc3ccccc3CC2CO)n1. The van der Waals surface area contributed by atoms with Crippen molar-refractivity contribution in [2.24, 2.45) is 0 Å². The smallest absolute Gasteiger partial charge is 0.274 e. The van der Waals surface area contributed by atoms with Gasteiger partial charge < -0.3 is 24.8 Å². The van der Waals surface area contributed by atoms with E-state index >= 15 is 0 Å². The molecule has 11 nitrogen and oxygen atoms in total. The zero-order valence-corrected chi connectivity index (χ0v) is 31.2. The van der Waals surface area contributed by atoms with Crippen molar-refractivity contribution in [2.75, 3.05) is 25.0 Å². The molecule has 0 fully saturated rings. The minimum absolute atomic E-state index is 0.0415. The Morgan fingerprint density at radius 2 is 1.57 bits per heavy atom. The Morgan fingerprint density at radius 1 is 0.870 bits per heavy atom. The number of unbranched alkanes of at least 4 members (excludes halogenated alkanes) is 2. The molecule has 2 N–H and O–H groups in total. The molecule has 0 radical (unpaired) electrons. The van der Waals surface area contributed by atoms with Crippen LogP contribution in [0.1, 0.15) is 93.1 Å². The van der Waals surface area contributed by atoms with Gasteiger partial charge in [-0.25, -0.2) is 4.68 Å². The first-order chi connectivity index (χ1) is 26.2. The Morgan fingerprint density at radius 3 is 2.28 bits per heavy atom. The molecule has 280 valence electrons. The van der Waals surface area contributed by atoms with Crippen molar-refractivity contribution in [3.05, 3.63) is 147 Å². The van der Waals surface area contributed by atoms with Crippen molar-refractivity contribution in [1.82, 2.24) is 24.1 Å². The van der Waals surface area contributed by atoms with Gasteiger partial charge in [-0.1, -0.05) is 81.3 Å². The molecule has 6 rings (SSSR count). The molecule has 1 aliphatic heterocycles. The van der Waals surface area contributed by atoms with Gasteiger partial charge in [0.2, 0.25) is 0 Å². The van der Waals surface area contributed by atoms with E-state index < -0.39 is 17.5 Å². The van der Waals surface area contributed by atoms with Crippen LogP contribution < -0.4 is 10.9 Å². The third-order valence-electron chi connectivity index (χ3n) is 9.96. The molecule has 3 aromatic carbocycles. The van der Waals surface area contributed by atoms with Crippen molar-refractivity contribution >= 4 is 23.4 Å². The minimum atomic E-state index is -0.615. The second-order valence-electron chi connectivity index (χ2n) is 13.9. The van der Waals surface area contributed by atoms with E-state index in [1.165, 1.54) is 10.6 Å². The van der Waals surface area contributed by atoms with Crippen LogP contribution in [0, 0.1) is 6.92 Å². The van der Waals surface area contributed by atoms with Gasteiger partial charge in [0.25, 0.3) is 23.3 Å². The lowest BCUT2D eigenvalue weighted by atomic mass is 9.93. The van der Waals surface area contributed by atoms with Gasteiger partial charge in [0, 0.05) is 37.2 Å². The molecular weight excluding hydrogens is 681 g/mol. The fourth-order valence-electron chi connectivity index (χ4n) is 6.92. The average Bonchev–Trinajstić information content (AvgIpc) is 3.59. The van der Waals surface area contributed by atoms with Gasteiger partial charge in [0.1, 0.15) is 5.56 Å². The highest BCUT2D eigenvalue weighted by atomic mass is 16.3. The molecule has 3 heterocycles. The average molecular weight is 729 g/mol. The van der Waals surface area contributed by atoms with E-state index in [0.29, 0.717) is 43.1 Å². The summed E-state index contributed by atoms with van der Waals surface area (Å²) in [5, 5.41) is 18.0. The number of fused-ring (bicyclic) bond motifs is 1. The first kappa shape index (κ1) is 37.9. The maximum Gasteiger partial charge on any atom is 0.274 e. The Hall–Kier alpha value is -5.81. The number of nitrogens with zero attached hydrogens (tertiary/aromatic N) is 5. The lowest BCUT2D eigenvalue weighted by Crippen LogP contribution is -2.46. The predicted octanol–water partition coefficient (Wildman–Crippen LogP) is 6.24. The summed E-state index contributed by atoms with van der Waals surface area (Å²) in [5.74, 6) is -1.14. The molecule has 2 aromatic heterocycles. The van der Waals surface area contributed by atoms with Crippen molar-refractivity contribution in [3.8, 4) is 5.69 Å². The number of nitrogens with one attached hydrogen (secondary N) is 1. The molecule has 0 bridgehead atoms. The second kappa shape index (κ2) is 17.3. The Kier molecular flexibility index (Phi) is 12.2. The predicted molar refractivity (Wildman–Crippen MR) is 209 cm³/mol. The number of carbonyl (C=O) groups is 3. The van der Waals surface area contributed by atoms with Crippen molar-refractivity contribution in [1.29, 1.82) is 0 Å². The minimum Gasteiger partial charge on any atom is -0.394 e.